The summed E-state index contributed by atoms with van der Waals surface area (Å²) in [4.78, 5) is 11.1. The van der Waals surface area contributed by atoms with Crippen molar-refractivity contribution in [3.05, 3.63) is 27.1 Å². The molecule has 1 heterocycles. The molecule has 0 bridgehead atoms. The molecule has 0 saturated heterocycles. The largest absolute Gasteiger partial charge is 0.352 e. The lowest BCUT2D eigenvalue weighted by molar-refractivity contribution is -0.380. The van der Waals surface area contributed by atoms with Gasteiger partial charge in [0.05, 0.1) is 4.92 Å². The molecule has 0 aliphatic heterocycles. The van der Waals surface area contributed by atoms with Crippen LogP contribution in [0.3, 0.4) is 0 Å². The van der Waals surface area contributed by atoms with Crippen LogP contribution in [0.25, 0.3) is 0 Å². The van der Waals surface area contributed by atoms with E-state index in [1.54, 1.807) is 6.07 Å². The van der Waals surface area contributed by atoms with E-state index in [0.29, 0.717) is 26.3 Å². The Kier molecular flexibility index (Phi) is 6.81. The average molecular weight is 274 g/mol. The molecule has 0 aliphatic rings. The molecule has 0 atom stereocenters. The Morgan fingerprint density at radius 1 is 1.39 bits per heavy atom. The van der Waals surface area contributed by atoms with Crippen LogP contribution in [0.4, 0.5) is 5.00 Å². The lowest BCUT2D eigenvalue weighted by atomic mass is 10.4. The predicted molar refractivity (Wildman–Crippen MR) is 69.7 cm³/mol. The molecular weight excluding hydrogens is 256 g/mol. The summed E-state index contributed by atoms with van der Waals surface area (Å²) in [5.74, 6) is 0. The van der Waals surface area contributed by atoms with E-state index >= 15 is 0 Å². The van der Waals surface area contributed by atoms with Crippen LogP contribution in [-0.2, 0) is 16.0 Å². The van der Waals surface area contributed by atoms with Gasteiger partial charge in [-0.2, -0.15) is 0 Å². The predicted octanol–water partition coefficient (Wildman–Crippen LogP) is 2.14. The molecule has 18 heavy (non-hydrogen) atoms. The highest BCUT2D eigenvalue weighted by Gasteiger charge is 2.11. The molecule has 6 nitrogen and oxygen atoms in total. The van der Waals surface area contributed by atoms with Crippen LogP contribution in [0.5, 0.6) is 0 Å². The zero-order valence-corrected chi connectivity index (χ0v) is 11.4. The SMILES string of the molecule is CCOC(CNCc1ccc([N+](=O)[O-])s1)OCC. The molecule has 0 amide bonds. The molecule has 0 aliphatic carbocycles. The molecule has 0 radical (unpaired) electrons. The summed E-state index contributed by atoms with van der Waals surface area (Å²) in [7, 11) is 0. The summed E-state index contributed by atoms with van der Waals surface area (Å²) in [5.41, 5.74) is 0. The average Bonchev–Trinajstić information content (AvgIpc) is 2.78. The zero-order chi connectivity index (χ0) is 13.4. The lowest BCUT2D eigenvalue weighted by Gasteiger charge is -2.17. The second-order valence-corrected chi connectivity index (χ2v) is 4.61. The Labute approximate surface area is 110 Å². The van der Waals surface area contributed by atoms with Gasteiger partial charge in [-0.3, -0.25) is 10.1 Å². The maximum atomic E-state index is 10.5. The molecule has 1 N–H and O–H groups in total. The van der Waals surface area contributed by atoms with Crippen molar-refractivity contribution in [2.75, 3.05) is 19.8 Å². The monoisotopic (exact) mass is 274 g/mol. The van der Waals surface area contributed by atoms with Gasteiger partial charge in [0, 0.05) is 37.2 Å². The highest BCUT2D eigenvalue weighted by atomic mass is 32.1. The van der Waals surface area contributed by atoms with Gasteiger partial charge in [0.2, 0.25) is 0 Å². The fraction of sp³-hybridized carbons (Fsp3) is 0.636. The Morgan fingerprint density at radius 3 is 2.56 bits per heavy atom. The van der Waals surface area contributed by atoms with Gasteiger partial charge in [-0.05, 0) is 19.9 Å². The number of thiophene rings is 1. The smallest absolute Gasteiger partial charge is 0.324 e. The second-order valence-electron chi connectivity index (χ2n) is 3.47. The molecule has 0 saturated carbocycles. The molecule has 1 aromatic heterocycles. The minimum atomic E-state index is -0.378. The summed E-state index contributed by atoms with van der Waals surface area (Å²) < 4.78 is 10.7. The van der Waals surface area contributed by atoms with Gasteiger partial charge >= 0.3 is 5.00 Å². The third-order valence-corrected chi connectivity index (χ3v) is 3.18. The van der Waals surface area contributed by atoms with E-state index in [2.05, 4.69) is 5.32 Å². The first-order valence-corrected chi connectivity index (χ1v) is 6.66. The van der Waals surface area contributed by atoms with E-state index in [-0.39, 0.29) is 16.2 Å². The fourth-order valence-corrected chi connectivity index (χ4v) is 2.20. The van der Waals surface area contributed by atoms with Crippen molar-refractivity contribution in [2.45, 2.75) is 26.7 Å². The van der Waals surface area contributed by atoms with E-state index in [0.717, 1.165) is 4.88 Å². The number of rotatable bonds is 9. The van der Waals surface area contributed by atoms with Crippen LogP contribution in [0.15, 0.2) is 12.1 Å². The van der Waals surface area contributed by atoms with Crippen molar-refractivity contribution in [3.8, 4) is 0 Å². The standard InChI is InChI=1S/C11H18N2O4S/c1-3-16-11(17-4-2)8-12-7-9-5-6-10(18-9)13(14)15/h5-6,11-12H,3-4,7-8H2,1-2H3. The highest BCUT2D eigenvalue weighted by Crippen LogP contribution is 2.23. The van der Waals surface area contributed by atoms with E-state index in [4.69, 9.17) is 9.47 Å². The van der Waals surface area contributed by atoms with Crippen LogP contribution >= 0.6 is 11.3 Å². The first-order valence-electron chi connectivity index (χ1n) is 5.84. The first-order chi connectivity index (χ1) is 8.67. The van der Waals surface area contributed by atoms with E-state index in [1.807, 2.05) is 13.8 Å². The van der Waals surface area contributed by atoms with Gasteiger partial charge in [0.15, 0.2) is 6.29 Å². The van der Waals surface area contributed by atoms with E-state index < -0.39 is 0 Å². The normalized spacial score (nSPS) is 11.1. The third kappa shape index (κ3) is 5.09. The summed E-state index contributed by atoms with van der Waals surface area (Å²) in [6.45, 7) is 6.15. The summed E-state index contributed by atoms with van der Waals surface area (Å²) in [6.07, 6.45) is -0.269. The summed E-state index contributed by atoms with van der Waals surface area (Å²) >= 11 is 1.18. The van der Waals surface area contributed by atoms with Crippen LogP contribution in [0.1, 0.15) is 18.7 Å². The number of nitrogens with one attached hydrogen (secondary N) is 1. The quantitative estimate of drug-likeness (QED) is 0.424. The number of nitrogens with zero attached hydrogens (tertiary/aromatic N) is 1. The van der Waals surface area contributed by atoms with Gasteiger partial charge in [0.25, 0.3) is 0 Å². The van der Waals surface area contributed by atoms with Crippen molar-refractivity contribution in [2.24, 2.45) is 0 Å². The Bertz CT molecular complexity index is 364. The number of ether oxygens (including phenoxy) is 2. The van der Waals surface area contributed by atoms with Crippen molar-refractivity contribution < 1.29 is 14.4 Å². The minimum absolute atomic E-state index is 0.165. The van der Waals surface area contributed by atoms with Gasteiger partial charge in [-0.15, -0.1) is 0 Å². The summed E-state index contributed by atoms with van der Waals surface area (Å²) in [5, 5.41) is 13.8. The van der Waals surface area contributed by atoms with Crippen LogP contribution in [0, 0.1) is 10.1 Å². The Balaban J connectivity index is 2.32. The molecule has 1 rings (SSSR count). The molecular formula is C11H18N2O4S. The molecule has 0 spiro atoms. The lowest BCUT2D eigenvalue weighted by Crippen LogP contribution is -2.31. The zero-order valence-electron chi connectivity index (χ0n) is 10.5. The van der Waals surface area contributed by atoms with Crippen molar-refractivity contribution in [1.29, 1.82) is 0 Å². The van der Waals surface area contributed by atoms with Gasteiger partial charge in [-0.25, -0.2) is 0 Å². The number of hydrogen-bond acceptors (Lipinski definition) is 6. The first kappa shape index (κ1) is 15.0. The van der Waals surface area contributed by atoms with Gasteiger partial charge in [0.1, 0.15) is 0 Å². The van der Waals surface area contributed by atoms with Crippen LogP contribution < -0.4 is 5.32 Å². The topological polar surface area (TPSA) is 73.6 Å². The number of hydrogen-bond donors (Lipinski definition) is 1. The van der Waals surface area contributed by atoms with Crippen molar-refractivity contribution in [1.82, 2.24) is 5.32 Å². The number of nitro groups is 1. The molecule has 7 heteroatoms. The molecule has 0 aromatic carbocycles. The maximum Gasteiger partial charge on any atom is 0.324 e. The minimum Gasteiger partial charge on any atom is -0.352 e. The van der Waals surface area contributed by atoms with Crippen LogP contribution in [-0.4, -0.2) is 31.0 Å². The maximum absolute atomic E-state index is 10.5. The van der Waals surface area contributed by atoms with Gasteiger partial charge in [-0.1, -0.05) is 11.3 Å². The fourth-order valence-electron chi connectivity index (χ4n) is 1.41. The molecule has 0 unspecified atom stereocenters. The third-order valence-electron chi connectivity index (χ3n) is 2.14. The Morgan fingerprint density at radius 2 is 2.06 bits per heavy atom. The molecule has 0 fully saturated rings. The highest BCUT2D eigenvalue weighted by molar-refractivity contribution is 7.15. The van der Waals surface area contributed by atoms with Crippen molar-refractivity contribution >= 4 is 16.3 Å². The van der Waals surface area contributed by atoms with E-state index in [9.17, 15) is 10.1 Å². The van der Waals surface area contributed by atoms with Gasteiger partial charge < -0.3 is 14.8 Å². The molecule has 102 valence electrons. The second kappa shape index (κ2) is 8.15. The summed E-state index contributed by atoms with van der Waals surface area (Å²) in [6, 6.07) is 3.27. The van der Waals surface area contributed by atoms with E-state index in [1.165, 1.54) is 17.4 Å². The molecule has 1 aromatic rings. The Hall–Kier alpha value is -1.02. The van der Waals surface area contributed by atoms with Crippen LogP contribution in [0.2, 0.25) is 0 Å². The van der Waals surface area contributed by atoms with Crippen molar-refractivity contribution in [3.63, 3.8) is 0 Å².